The monoisotopic (exact) mass is 229 g/mol. The molecule has 0 amide bonds. The highest BCUT2D eigenvalue weighted by atomic mass is 16.1. The number of aromatic nitrogens is 3. The Labute approximate surface area is 100 Å². The topological polar surface area (TPSA) is 47.8 Å². The second-order valence-electron chi connectivity index (χ2n) is 4.29. The van der Waals surface area contributed by atoms with E-state index in [1.54, 1.807) is 4.68 Å². The fourth-order valence-corrected chi connectivity index (χ4v) is 1.64. The van der Waals surface area contributed by atoms with Crippen molar-refractivity contribution < 1.29 is 4.79 Å². The summed E-state index contributed by atoms with van der Waals surface area (Å²) in [6.45, 7) is 5.59. The van der Waals surface area contributed by atoms with Gasteiger partial charge in [0.15, 0.2) is 11.5 Å². The van der Waals surface area contributed by atoms with Crippen molar-refractivity contribution in [1.29, 1.82) is 0 Å². The number of hydrogen-bond donors (Lipinski definition) is 0. The molecule has 1 aromatic carbocycles. The van der Waals surface area contributed by atoms with E-state index < -0.39 is 0 Å². The van der Waals surface area contributed by atoms with Gasteiger partial charge in [0.05, 0.1) is 11.4 Å². The summed E-state index contributed by atoms with van der Waals surface area (Å²) in [5, 5.41) is 8.01. The maximum absolute atomic E-state index is 11.9. The first-order valence-electron chi connectivity index (χ1n) is 5.63. The number of nitrogens with zero attached hydrogens (tertiary/aromatic N) is 3. The first-order chi connectivity index (χ1) is 8.11. The average Bonchev–Trinajstić information content (AvgIpc) is 2.71. The average molecular weight is 229 g/mol. The van der Waals surface area contributed by atoms with Crippen LogP contribution in [0.2, 0.25) is 0 Å². The molecule has 0 saturated heterocycles. The lowest BCUT2D eigenvalue weighted by Gasteiger charge is -2.04. The number of ketones is 1. The summed E-state index contributed by atoms with van der Waals surface area (Å²) >= 11 is 0. The van der Waals surface area contributed by atoms with Crippen molar-refractivity contribution in [3.8, 4) is 5.69 Å². The van der Waals surface area contributed by atoms with Crippen molar-refractivity contribution in [2.75, 3.05) is 0 Å². The van der Waals surface area contributed by atoms with Crippen LogP contribution >= 0.6 is 0 Å². The van der Waals surface area contributed by atoms with Gasteiger partial charge in [0.2, 0.25) is 0 Å². The lowest BCUT2D eigenvalue weighted by molar-refractivity contribution is 0.0933. The molecule has 2 rings (SSSR count). The molecule has 0 aliphatic rings. The first-order valence-corrected chi connectivity index (χ1v) is 5.63. The molecule has 0 N–H and O–H groups in total. The number of rotatable bonds is 3. The van der Waals surface area contributed by atoms with E-state index in [2.05, 4.69) is 10.3 Å². The second-order valence-corrected chi connectivity index (χ2v) is 4.29. The van der Waals surface area contributed by atoms with Gasteiger partial charge < -0.3 is 0 Å². The zero-order chi connectivity index (χ0) is 12.4. The third-order valence-electron chi connectivity index (χ3n) is 2.65. The number of hydrogen-bond acceptors (Lipinski definition) is 3. The van der Waals surface area contributed by atoms with E-state index >= 15 is 0 Å². The van der Waals surface area contributed by atoms with Gasteiger partial charge >= 0.3 is 0 Å². The smallest absolute Gasteiger partial charge is 0.187 e. The quantitative estimate of drug-likeness (QED) is 0.759. The van der Waals surface area contributed by atoms with Crippen LogP contribution in [0.4, 0.5) is 0 Å². The number of carbonyl (C=O) groups excluding carboxylic acids is 1. The van der Waals surface area contributed by atoms with E-state index in [1.165, 1.54) is 0 Å². The molecule has 0 atom stereocenters. The summed E-state index contributed by atoms with van der Waals surface area (Å²) in [6.07, 6.45) is 0. The minimum Gasteiger partial charge on any atom is -0.292 e. The number of para-hydroxylation sites is 1. The number of Topliss-reactive ketones (excluding diaryl/α,β-unsaturated/α-hetero) is 1. The summed E-state index contributed by atoms with van der Waals surface area (Å²) in [6, 6.07) is 9.67. The molecule has 1 aromatic heterocycles. The van der Waals surface area contributed by atoms with Crippen LogP contribution in [0.1, 0.15) is 30.0 Å². The predicted molar refractivity (Wildman–Crippen MR) is 65.3 cm³/mol. The number of benzene rings is 1. The van der Waals surface area contributed by atoms with E-state index in [0.29, 0.717) is 5.69 Å². The molecule has 0 radical (unpaired) electrons. The van der Waals surface area contributed by atoms with Crippen molar-refractivity contribution in [2.24, 2.45) is 5.92 Å². The van der Waals surface area contributed by atoms with E-state index in [0.717, 1.165) is 11.4 Å². The predicted octanol–water partition coefficient (Wildman–Crippen LogP) is 2.41. The third-order valence-corrected chi connectivity index (χ3v) is 2.65. The Morgan fingerprint density at radius 3 is 2.47 bits per heavy atom. The maximum atomic E-state index is 11.9. The lowest BCUT2D eigenvalue weighted by Crippen LogP contribution is -2.10. The van der Waals surface area contributed by atoms with Gasteiger partial charge in [-0.25, -0.2) is 4.68 Å². The summed E-state index contributed by atoms with van der Waals surface area (Å²) in [7, 11) is 0. The Hall–Kier alpha value is -1.97. The van der Waals surface area contributed by atoms with E-state index in [4.69, 9.17) is 0 Å². The molecule has 88 valence electrons. The van der Waals surface area contributed by atoms with Crippen LogP contribution in [0, 0.1) is 12.8 Å². The van der Waals surface area contributed by atoms with Crippen molar-refractivity contribution in [3.63, 3.8) is 0 Å². The van der Waals surface area contributed by atoms with Gasteiger partial charge in [0.1, 0.15) is 0 Å². The van der Waals surface area contributed by atoms with Crippen LogP contribution in [0.25, 0.3) is 5.69 Å². The summed E-state index contributed by atoms with van der Waals surface area (Å²) in [4.78, 5) is 11.9. The standard InChI is InChI=1S/C13H15N3O/c1-9(2)13(17)12-10(3)16(15-14-12)11-7-5-4-6-8-11/h4-9H,1-3H3. The van der Waals surface area contributed by atoms with Crippen LogP contribution in [0.3, 0.4) is 0 Å². The SMILES string of the molecule is Cc1c(C(=O)C(C)C)nnn1-c1ccccc1. The van der Waals surface area contributed by atoms with E-state index in [9.17, 15) is 4.79 Å². The van der Waals surface area contributed by atoms with Gasteiger partial charge in [0.25, 0.3) is 0 Å². The lowest BCUT2D eigenvalue weighted by atomic mass is 10.1. The van der Waals surface area contributed by atoms with Gasteiger partial charge in [-0.3, -0.25) is 4.79 Å². The van der Waals surface area contributed by atoms with Gasteiger partial charge in [-0.2, -0.15) is 0 Å². The minimum atomic E-state index is -0.0605. The Kier molecular flexibility index (Phi) is 3.04. The Balaban J connectivity index is 2.44. The molecular weight excluding hydrogens is 214 g/mol. The summed E-state index contributed by atoms with van der Waals surface area (Å²) in [5.74, 6) is -0.0284. The van der Waals surface area contributed by atoms with Crippen molar-refractivity contribution >= 4 is 5.78 Å². The van der Waals surface area contributed by atoms with Gasteiger partial charge in [-0.15, -0.1) is 5.10 Å². The molecule has 0 aliphatic heterocycles. The molecule has 0 aliphatic carbocycles. The van der Waals surface area contributed by atoms with Crippen LogP contribution in [0.15, 0.2) is 30.3 Å². The zero-order valence-electron chi connectivity index (χ0n) is 10.2. The van der Waals surface area contributed by atoms with Crippen molar-refractivity contribution in [2.45, 2.75) is 20.8 Å². The molecule has 0 unspecified atom stereocenters. The molecule has 0 bridgehead atoms. The Morgan fingerprint density at radius 2 is 1.88 bits per heavy atom. The van der Waals surface area contributed by atoms with Crippen LogP contribution in [-0.2, 0) is 0 Å². The molecule has 0 saturated carbocycles. The van der Waals surface area contributed by atoms with Crippen molar-refractivity contribution in [1.82, 2.24) is 15.0 Å². The van der Waals surface area contributed by atoms with Gasteiger partial charge in [0, 0.05) is 5.92 Å². The fourth-order valence-electron chi connectivity index (χ4n) is 1.64. The van der Waals surface area contributed by atoms with E-state index in [1.807, 2.05) is 51.1 Å². The van der Waals surface area contributed by atoms with Crippen LogP contribution < -0.4 is 0 Å². The second kappa shape index (κ2) is 4.49. The van der Waals surface area contributed by atoms with Gasteiger partial charge in [-0.1, -0.05) is 37.3 Å². The number of carbonyl (C=O) groups is 1. The molecule has 0 fully saturated rings. The maximum Gasteiger partial charge on any atom is 0.187 e. The highest BCUT2D eigenvalue weighted by molar-refractivity contribution is 5.96. The molecular formula is C13H15N3O. The van der Waals surface area contributed by atoms with Crippen LogP contribution in [-0.4, -0.2) is 20.8 Å². The van der Waals surface area contributed by atoms with E-state index in [-0.39, 0.29) is 11.7 Å². The zero-order valence-corrected chi connectivity index (χ0v) is 10.2. The highest BCUT2D eigenvalue weighted by Crippen LogP contribution is 2.14. The highest BCUT2D eigenvalue weighted by Gasteiger charge is 2.19. The van der Waals surface area contributed by atoms with Crippen LogP contribution in [0.5, 0.6) is 0 Å². The summed E-state index contributed by atoms with van der Waals surface area (Å²) in [5.41, 5.74) is 2.17. The summed E-state index contributed by atoms with van der Waals surface area (Å²) < 4.78 is 1.69. The molecule has 0 spiro atoms. The molecule has 2 aromatic rings. The molecule has 4 heteroatoms. The molecule has 17 heavy (non-hydrogen) atoms. The minimum absolute atomic E-state index is 0.0321. The fraction of sp³-hybridized carbons (Fsp3) is 0.308. The largest absolute Gasteiger partial charge is 0.292 e. The Morgan fingerprint density at radius 1 is 1.24 bits per heavy atom. The Bertz CT molecular complexity index is 529. The normalized spacial score (nSPS) is 10.8. The van der Waals surface area contributed by atoms with Gasteiger partial charge in [-0.05, 0) is 19.1 Å². The van der Waals surface area contributed by atoms with Crippen molar-refractivity contribution in [3.05, 3.63) is 41.7 Å². The first kappa shape index (κ1) is 11.5. The third kappa shape index (κ3) is 2.11. The molecule has 4 nitrogen and oxygen atoms in total. The molecule has 1 heterocycles.